The quantitative estimate of drug-likeness (QED) is 0.829. The highest BCUT2D eigenvalue weighted by Gasteiger charge is 2.13. The Bertz CT molecular complexity index is 318. The second-order valence-electron chi connectivity index (χ2n) is 2.15. The minimum atomic E-state index is -1.38. The van der Waals surface area contributed by atoms with Crippen LogP contribution >= 0.6 is 27.3 Å². The van der Waals surface area contributed by atoms with Crippen LogP contribution in [0.4, 0.5) is 0 Å². The average Bonchev–Trinajstić information content (AvgIpc) is 2.36. The molecule has 5 heteroatoms. The second-order valence-corrected chi connectivity index (χ2v) is 3.75. The number of hydrogen-bond donors (Lipinski definition) is 1. The van der Waals surface area contributed by atoms with E-state index in [2.05, 4.69) is 15.9 Å². The fourth-order valence-corrected chi connectivity index (χ4v) is 2.13. The molecule has 0 atom stereocenters. The van der Waals surface area contributed by atoms with Crippen LogP contribution < -0.4 is 0 Å². The van der Waals surface area contributed by atoms with Gasteiger partial charge >= 0.3 is 5.97 Å². The molecule has 0 bridgehead atoms. The Balaban J connectivity index is 2.71. The number of carboxylic acids is 1. The zero-order valence-corrected chi connectivity index (χ0v) is 8.31. The number of halogens is 1. The highest BCUT2D eigenvalue weighted by Crippen LogP contribution is 2.21. The molecule has 0 unspecified atom stereocenters. The van der Waals surface area contributed by atoms with Crippen molar-refractivity contribution in [3.05, 3.63) is 20.8 Å². The predicted molar refractivity (Wildman–Crippen MR) is 48.4 cm³/mol. The van der Waals surface area contributed by atoms with Gasteiger partial charge < -0.3 is 5.11 Å². The second kappa shape index (κ2) is 3.82. The molecule has 0 saturated heterocycles. The van der Waals surface area contributed by atoms with E-state index in [4.69, 9.17) is 5.11 Å². The van der Waals surface area contributed by atoms with Gasteiger partial charge in [0.15, 0.2) is 0 Å². The topological polar surface area (TPSA) is 54.4 Å². The van der Waals surface area contributed by atoms with Crippen molar-refractivity contribution in [3.63, 3.8) is 0 Å². The van der Waals surface area contributed by atoms with Crippen LogP contribution in [0.5, 0.6) is 0 Å². The van der Waals surface area contributed by atoms with E-state index >= 15 is 0 Å². The lowest BCUT2D eigenvalue weighted by molar-refractivity contribution is -0.148. The third-order valence-electron chi connectivity index (χ3n) is 1.28. The van der Waals surface area contributed by atoms with Gasteiger partial charge in [0.05, 0.1) is 0 Å². The molecule has 1 aromatic rings. The standard InChI is InChI=1S/C7H5BrO3S/c8-5-3-12-2-4(5)1-6(9)7(10)11/h2-3H,1H2,(H,10,11). The first-order valence-electron chi connectivity index (χ1n) is 3.08. The number of hydrogen-bond acceptors (Lipinski definition) is 3. The number of carbonyl (C=O) groups is 2. The summed E-state index contributed by atoms with van der Waals surface area (Å²) < 4.78 is 0.794. The molecule has 0 aliphatic heterocycles. The first-order chi connectivity index (χ1) is 5.61. The van der Waals surface area contributed by atoms with Crippen LogP contribution in [0.2, 0.25) is 0 Å². The van der Waals surface area contributed by atoms with Crippen LogP contribution in [0.1, 0.15) is 5.56 Å². The van der Waals surface area contributed by atoms with E-state index in [-0.39, 0.29) is 6.42 Å². The van der Waals surface area contributed by atoms with E-state index in [0.717, 1.165) is 10.0 Å². The lowest BCUT2D eigenvalue weighted by atomic mass is 10.2. The van der Waals surface area contributed by atoms with Gasteiger partial charge in [-0.1, -0.05) is 0 Å². The summed E-state index contributed by atoms with van der Waals surface area (Å²) in [4.78, 5) is 20.9. The van der Waals surface area contributed by atoms with Gasteiger partial charge in [0.25, 0.3) is 0 Å². The number of carbonyl (C=O) groups excluding carboxylic acids is 1. The zero-order chi connectivity index (χ0) is 9.14. The van der Waals surface area contributed by atoms with Crippen LogP contribution in [0.15, 0.2) is 15.2 Å². The fourth-order valence-electron chi connectivity index (χ4n) is 0.683. The van der Waals surface area contributed by atoms with Crippen molar-refractivity contribution in [2.75, 3.05) is 0 Å². The van der Waals surface area contributed by atoms with E-state index in [1.54, 1.807) is 5.38 Å². The Morgan fingerprint density at radius 3 is 2.58 bits per heavy atom. The summed E-state index contributed by atoms with van der Waals surface area (Å²) in [5.41, 5.74) is 0.729. The molecular weight excluding hydrogens is 244 g/mol. The molecule has 1 N–H and O–H groups in total. The maximum absolute atomic E-state index is 10.7. The number of aliphatic carboxylic acids is 1. The minimum Gasteiger partial charge on any atom is -0.475 e. The summed E-state index contributed by atoms with van der Waals surface area (Å²) in [5.74, 6) is -2.16. The van der Waals surface area contributed by atoms with Gasteiger partial charge in [0.1, 0.15) is 0 Å². The number of thiophene rings is 1. The van der Waals surface area contributed by atoms with Gasteiger partial charge in [0.2, 0.25) is 5.78 Å². The largest absolute Gasteiger partial charge is 0.475 e. The molecule has 0 fully saturated rings. The van der Waals surface area contributed by atoms with Crippen LogP contribution in [0, 0.1) is 0 Å². The molecule has 0 saturated carbocycles. The van der Waals surface area contributed by atoms with Gasteiger partial charge in [-0.05, 0) is 26.9 Å². The smallest absolute Gasteiger partial charge is 0.372 e. The number of rotatable bonds is 3. The highest BCUT2D eigenvalue weighted by atomic mass is 79.9. The predicted octanol–water partition coefficient (Wildman–Crippen LogP) is 1.71. The average molecular weight is 249 g/mol. The summed E-state index contributed by atoms with van der Waals surface area (Å²) in [7, 11) is 0. The van der Waals surface area contributed by atoms with E-state index in [0.29, 0.717) is 0 Å². The fraction of sp³-hybridized carbons (Fsp3) is 0.143. The summed E-state index contributed by atoms with van der Waals surface area (Å²) in [6, 6.07) is 0. The molecule has 0 aliphatic carbocycles. The maximum atomic E-state index is 10.7. The van der Waals surface area contributed by atoms with Gasteiger partial charge in [0, 0.05) is 16.3 Å². The van der Waals surface area contributed by atoms with Gasteiger partial charge in [-0.3, -0.25) is 4.79 Å². The molecular formula is C7H5BrO3S. The molecule has 1 heterocycles. The molecule has 12 heavy (non-hydrogen) atoms. The summed E-state index contributed by atoms with van der Waals surface area (Å²) in [6.45, 7) is 0. The third-order valence-corrected chi connectivity index (χ3v) is 3.11. The van der Waals surface area contributed by atoms with Crippen LogP contribution in [-0.2, 0) is 16.0 Å². The monoisotopic (exact) mass is 248 g/mol. The molecule has 0 amide bonds. The Kier molecular flexibility index (Phi) is 2.99. The van der Waals surface area contributed by atoms with Crippen molar-refractivity contribution in [1.82, 2.24) is 0 Å². The molecule has 0 aromatic carbocycles. The van der Waals surface area contributed by atoms with E-state index in [1.807, 2.05) is 5.38 Å². The molecule has 0 radical (unpaired) electrons. The maximum Gasteiger partial charge on any atom is 0.372 e. The molecule has 1 rings (SSSR count). The normalized spacial score (nSPS) is 9.75. The Morgan fingerprint density at radius 1 is 1.50 bits per heavy atom. The SMILES string of the molecule is O=C(O)C(=O)Cc1cscc1Br. The summed E-state index contributed by atoms with van der Waals surface area (Å²) in [6.07, 6.45) is -0.0422. The van der Waals surface area contributed by atoms with Crippen molar-refractivity contribution in [1.29, 1.82) is 0 Å². The van der Waals surface area contributed by atoms with Gasteiger partial charge in [-0.15, -0.1) is 0 Å². The van der Waals surface area contributed by atoms with E-state index in [9.17, 15) is 9.59 Å². The van der Waals surface area contributed by atoms with Crippen molar-refractivity contribution in [2.24, 2.45) is 0 Å². The molecule has 0 spiro atoms. The van der Waals surface area contributed by atoms with E-state index < -0.39 is 11.8 Å². The highest BCUT2D eigenvalue weighted by molar-refractivity contribution is 9.10. The van der Waals surface area contributed by atoms with Gasteiger partial charge in [-0.2, -0.15) is 11.3 Å². The zero-order valence-electron chi connectivity index (χ0n) is 5.91. The third kappa shape index (κ3) is 2.15. The lowest BCUT2D eigenvalue weighted by Crippen LogP contribution is -2.14. The number of ketones is 1. The first-order valence-corrected chi connectivity index (χ1v) is 4.81. The lowest BCUT2D eigenvalue weighted by Gasteiger charge is -1.93. The molecule has 64 valence electrons. The molecule has 0 aliphatic rings. The summed E-state index contributed by atoms with van der Waals surface area (Å²) >= 11 is 4.64. The van der Waals surface area contributed by atoms with Crippen molar-refractivity contribution >= 4 is 39.0 Å². The van der Waals surface area contributed by atoms with Gasteiger partial charge in [-0.25, -0.2) is 4.79 Å². The van der Waals surface area contributed by atoms with E-state index in [1.165, 1.54) is 11.3 Å². The number of Topliss-reactive ketones (excluding diaryl/α,β-unsaturated/α-hetero) is 1. The van der Waals surface area contributed by atoms with Crippen molar-refractivity contribution < 1.29 is 14.7 Å². The van der Waals surface area contributed by atoms with Crippen LogP contribution in [0.25, 0.3) is 0 Å². The molecule has 1 aromatic heterocycles. The van der Waals surface area contributed by atoms with Crippen LogP contribution in [0.3, 0.4) is 0 Å². The Hall–Kier alpha value is -0.680. The summed E-state index contributed by atoms with van der Waals surface area (Å²) in [5, 5.41) is 11.9. The Labute approximate surface area is 81.2 Å². The Morgan fingerprint density at radius 2 is 2.17 bits per heavy atom. The van der Waals surface area contributed by atoms with Crippen molar-refractivity contribution in [2.45, 2.75) is 6.42 Å². The number of carboxylic acid groups (broad SMARTS) is 1. The molecule has 3 nitrogen and oxygen atoms in total. The minimum absolute atomic E-state index is 0.0422. The van der Waals surface area contributed by atoms with Crippen molar-refractivity contribution in [3.8, 4) is 0 Å². The van der Waals surface area contributed by atoms with Crippen LogP contribution in [-0.4, -0.2) is 16.9 Å². The first kappa shape index (κ1) is 9.41.